The molecule has 3 nitrogen and oxygen atoms in total. The lowest BCUT2D eigenvalue weighted by Crippen LogP contribution is -2.46. The Morgan fingerprint density at radius 3 is 2.44 bits per heavy atom. The zero-order chi connectivity index (χ0) is 16.4. The van der Waals surface area contributed by atoms with Gasteiger partial charge >= 0.3 is 6.18 Å². The van der Waals surface area contributed by atoms with Crippen molar-refractivity contribution in [1.29, 1.82) is 0 Å². The maximum Gasteiger partial charge on any atom is 0.390 e. The predicted octanol–water partition coefficient (Wildman–Crippen LogP) is 4.63. The molecular weight excluding hydrogens is 398 g/mol. The van der Waals surface area contributed by atoms with Gasteiger partial charge in [-0.15, -0.1) is 24.8 Å². The molecule has 2 aromatic rings. The van der Waals surface area contributed by atoms with Gasteiger partial charge in [-0.2, -0.15) is 13.2 Å². The van der Waals surface area contributed by atoms with E-state index in [9.17, 15) is 13.2 Å². The van der Waals surface area contributed by atoms with Crippen LogP contribution in [0.1, 0.15) is 18.0 Å². The summed E-state index contributed by atoms with van der Waals surface area (Å²) in [6.07, 6.45) is -5.18. The fourth-order valence-corrected chi connectivity index (χ4v) is 3.26. The van der Waals surface area contributed by atoms with Crippen molar-refractivity contribution in [2.24, 2.45) is 0 Å². The Bertz CT molecular complexity index is 691. The number of alkyl halides is 3. The highest BCUT2D eigenvalue weighted by atomic mass is 35.5. The van der Waals surface area contributed by atoms with Crippen molar-refractivity contribution in [3.8, 4) is 0 Å². The lowest BCUT2D eigenvalue weighted by molar-refractivity contribution is -0.148. The van der Waals surface area contributed by atoms with E-state index in [-0.39, 0.29) is 30.0 Å². The summed E-state index contributed by atoms with van der Waals surface area (Å²) < 4.78 is 39.3. The molecule has 3 rings (SSSR count). The van der Waals surface area contributed by atoms with Crippen LogP contribution in [0.25, 0.3) is 10.9 Å². The molecule has 25 heavy (non-hydrogen) atoms. The minimum absolute atomic E-state index is 0. The first-order valence-corrected chi connectivity index (χ1v) is 7.88. The quantitative estimate of drug-likeness (QED) is 0.740. The molecule has 1 fully saturated rings. The second-order valence-corrected chi connectivity index (χ2v) is 6.04. The van der Waals surface area contributed by atoms with Gasteiger partial charge in [0.15, 0.2) is 0 Å². The highest BCUT2D eigenvalue weighted by Crippen LogP contribution is 2.37. The van der Waals surface area contributed by atoms with Gasteiger partial charge in [0.2, 0.25) is 0 Å². The molecule has 1 aliphatic rings. The molecule has 0 amide bonds. The molecular formula is C16H19Cl3F3N3. The number of pyridine rings is 1. The SMILES string of the molecule is Cl.Cl.FC(F)(F)C[C@H](c1cc2ccccc2nc1Cl)N1CCNCC1. The largest absolute Gasteiger partial charge is 0.390 e. The highest BCUT2D eigenvalue weighted by molar-refractivity contribution is 6.30. The van der Waals surface area contributed by atoms with E-state index in [2.05, 4.69) is 10.3 Å². The number of benzene rings is 1. The van der Waals surface area contributed by atoms with Crippen molar-refractivity contribution in [3.63, 3.8) is 0 Å². The summed E-state index contributed by atoms with van der Waals surface area (Å²) in [5, 5.41) is 4.11. The third-order valence-electron chi connectivity index (χ3n) is 4.08. The number of hydrogen-bond acceptors (Lipinski definition) is 3. The molecule has 9 heteroatoms. The van der Waals surface area contributed by atoms with E-state index in [0.29, 0.717) is 37.3 Å². The lowest BCUT2D eigenvalue weighted by Gasteiger charge is -2.36. The molecule has 140 valence electrons. The summed E-state index contributed by atoms with van der Waals surface area (Å²) >= 11 is 6.23. The van der Waals surface area contributed by atoms with Crippen molar-refractivity contribution >= 4 is 47.3 Å². The number of halogens is 6. The topological polar surface area (TPSA) is 28.2 Å². The second kappa shape index (κ2) is 9.24. The van der Waals surface area contributed by atoms with E-state index in [1.54, 1.807) is 12.1 Å². The Kier molecular flexibility index (Phi) is 8.22. The van der Waals surface area contributed by atoms with Crippen LogP contribution in [0.4, 0.5) is 13.2 Å². The van der Waals surface area contributed by atoms with Crippen LogP contribution < -0.4 is 5.32 Å². The first-order valence-electron chi connectivity index (χ1n) is 7.51. The normalized spacial score (nSPS) is 16.8. The van der Waals surface area contributed by atoms with Gasteiger partial charge in [-0.25, -0.2) is 4.98 Å². The van der Waals surface area contributed by atoms with Gasteiger partial charge in [0.05, 0.1) is 11.9 Å². The summed E-state index contributed by atoms with van der Waals surface area (Å²) in [5.74, 6) is 0. The van der Waals surface area contributed by atoms with Gasteiger partial charge in [-0.05, 0) is 12.1 Å². The highest BCUT2D eigenvalue weighted by Gasteiger charge is 2.37. The van der Waals surface area contributed by atoms with Gasteiger partial charge in [0.25, 0.3) is 0 Å². The zero-order valence-corrected chi connectivity index (χ0v) is 15.6. The van der Waals surface area contributed by atoms with Crippen LogP contribution in [0.3, 0.4) is 0 Å². The molecule has 1 N–H and O–H groups in total. The Morgan fingerprint density at radius 1 is 1.16 bits per heavy atom. The molecule has 0 saturated carbocycles. The summed E-state index contributed by atoms with van der Waals surface area (Å²) in [5.41, 5.74) is 1.14. The zero-order valence-electron chi connectivity index (χ0n) is 13.2. The number of nitrogens with zero attached hydrogens (tertiary/aromatic N) is 2. The van der Waals surface area contributed by atoms with Gasteiger partial charge in [-0.3, -0.25) is 4.90 Å². The van der Waals surface area contributed by atoms with Crippen LogP contribution in [0.2, 0.25) is 5.15 Å². The minimum Gasteiger partial charge on any atom is -0.314 e. The van der Waals surface area contributed by atoms with Gasteiger partial charge < -0.3 is 5.32 Å². The van der Waals surface area contributed by atoms with Crippen LogP contribution >= 0.6 is 36.4 Å². The van der Waals surface area contributed by atoms with Crippen molar-refractivity contribution in [2.45, 2.75) is 18.6 Å². The average molecular weight is 417 g/mol. The molecule has 2 heterocycles. The summed E-state index contributed by atoms with van der Waals surface area (Å²) in [6.45, 7) is 2.47. The van der Waals surface area contributed by atoms with E-state index in [4.69, 9.17) is 11.6 Å². The van der Waals surface area contributed by atoms with Crippen molar-refractivity contribution in [1.82, 2.24) is 15.2 Å². The molecule has 1 atom stereocenters. The summed E-state index contributed by atoms with van der Waals surface area (Å²) in [7, 11) is 0. The molecule has 0 aliphatic carbocycles. The third-order valence-corrected chi connectivity index (χ3v) is 4.38. The average Bonchev–Trinajstić information content (AvgIpc) is 2.52. The van der Waals surface area contributed by atoms with E-state index in [1.165, 1.54) is 0 Å². The Balaban J connectivity index is 0.00000156. The lowest BCUT2D eigenvalue weighted by atomic mass is 10.0. The molecule has 1 aromatic heterocycles. The molecule has 0 spiro atoms. The first-order chi connectivity index (χ1) is 10.9. The van der Waals surface area contributed by atoms with Gasteiger partial charge in [0, 0.05) is 43.2 Å². The number of para-hydroxylation sites is 1. The Hall–Kier alpha value is -0.790. The summed E-state index contributed by atoms with van der Waals surface area (Å²) in [6, 6.07) is 8.24. The second-order valence-electron chi connectivity index (χ2n) is 5.68. The standard InChI is InChI=1S/C16H17ClF3N3.2ClH/c17-15-12(9-11-3-1-2-4-13(11)22-15)14(10-16(18,19)20)23-7-5-21-6-8-23;;/h1-4,9,14,21H,5-8,10H2;2*1H/t14-;;/m1../s1. The van der Waals surface area contributed by atoms with Crippen LogP contribution in [0.5, 0.6) is 0 Å². The number of nitrogens with one attached hydrogen (secondary N) is 1. The van der Waals surface area contributed by atoms with Crippen LogP contribution in [0, 0.1) is 0 Å². The molecule has 0 bridgehead atoms. The third kappa shape index (κ3) is 5.59. The first kappa shape index (κ1) is 22.3. The smallest absolute Gasteiger partial charge is 0.314 e. The molecule has 1 aliphatic heterocycles. The fraction of sp³-hybridized carbons (Fsp3) is 0.438. The van der Waals surface area contributed by atoms with Crippen LogP contribution in [-0.4, -0.2) is 42.2 Å². The Labute approximate surface area is 161 Å². The maximum atomic E-state index is 13.1. The van der Waals surface area contributed by atoms with E-state index in [0.717, 1.165) is 5.39 Å². The molecule has 0 radical (unpaired) electrons. The summed E-state index contributed by atoms with van der Waals surface area (Å²) in [4.78, 5) is 6.11. The fourth-order valence-electron chi connectivity index (χ4n) is 2.99. The molecule has 1 saturated heterocycles. The minimum atomic E-state index is -4.26. The van der Waals surface area contributed by atoms with E-state index in [1.807, 2.05) is 23.1 Å². The predicted molar refractivity (Wildman–Crippen MR) is 99.1 cm³/mol. The number of hydrogen-bond donors (Lipinski definition) is 1. The van der Waals surface area contributed by atoms with Crippen molar-refractivity contribution in [3.05, 3.63) is 41.0 Å². The number of aromatic nitrogens is 1. The number of rotatable bonds is 3. The van der Waals surface area contributed by atoms with Gasteiger partial charge in [0.1, 0.15) is 5.15 Å². The number of fused-ring (bicyclic) bond motifs is 1. The van der Waals surface area contributed by atoms with E-state index >= 15 is 0 Å². The van der Waals surface area contributed by atoms with Crippen molar-refractivity contribution < 1.29 is 13.2 Å². The van der Waals surface area contributed by atoms with Crippen molar-refractivity contribution in [2.75, 3.05) is 26.2 Å². The number of piperazine rings is 1. The molecule has 0 unspecified atom stereocenters. The maximum absolute atomic E-state index is 13.1. The van der Waals surface area contributed by atoms with Crippen LogP contribution in [0.15, 0.2) is 30.3 Å². The van der Waals surface area contributed by atoms with Crippen LogP contribution in [-0.2, 0) is 0 Å². The Morgan fingerprint density at radius 2 is 1.80 bits per heavy atom. The van der Waals surface area contributed by atoms with E-state index < -0.39 is 18.6 Å². The molecule has 1 aromatic carbocycles. The van der Waals surface area contributed by atoms with Gasteiger partial charge in [-0.1, -0.05) is 29.8 Å². The monoisotopic (exact) mass is 415 g/mol.